The Labute approximate surface area is 142 Å². The van der Waals surface area contributed by atoms with Crippen molar-refractivity contribution in [2.45, 2.75) is 38.4 Å². The van der Waals surface area contributed by atoms with Gasteiger partial charge in [-0.15, -0.1) is 0 Å². The van der Waals surface area contributed by atoms with E-state index in [2.05, 4.69) is 4.98 Å². The van der Waals surface area contributed by atoms with Gasteiger partial charge in [-0.1, -0.05) is 12.1 Å². The molecule has 3 rings (SSSR count). The molecule has 25 heavy (non-hydrogen) atoms. The van der Waals surface area contributed by atoms with Crippen LogP contribution in [0, 0.1) is 0 Å². The molecule has 1 amide bonds. The van der Waals surface area contributed by atoms with Crippen LogP contribution in [0.25, 0.3) is 11.0 Å². The topological polar surface area (TPSA) is 55.2 Å². The van der Waals surface area contributed by atoms with Gasteiger partial charge < -0.3 is 4.90 Å². The van der Waals surface area contributed by atoms with Gasteiger partial charge in [0.05, 0.1) is 11.0 Å². The Kier molecular flexibility index (Phi) is 4.53. The van der Waals surface area contributed by atoms with Crippen LogP contribution < -0.4 is 5.56 Å². The normalized spacial score (nSPS) is 16.9. The highest BCUT2D eigenvalue weighted by atomic mass is 19.4. The maximum absolute atomic E-state index is 13.2. The molecule has 1 aliphatic rings. The van der Waals surface area contributed by atoms with Crippen LogP contribution in [0.3, 0.4) is 0 Å². The van der Waals surface area contributed by atoms with E-state index in [-0.39, 0.29) is 16.9 Å². The van der Waals surface area contributed by atoms with Gasteiger partial charge in [-0.3, -0.25) is 14.2 Å². The fraction of sp³-hybridized carbons (Fsp3) is 0.471. The Hall–Kier alpha value is -2.38. The van der Waals surface area contributed by atoms with Crippen molar-refractivity contribution in [3.63, 3.8) is 0 Å². The molecule has 0 spiro atoms. The predicted molar refractivity (Wildman–Crippen MR) is 86.1 cm³/mol. The van der Waals surface area contributed by atoms with Crippen molar-refractivity contribution in [3.05, 3.63) is 40.3 Å². The molecule has 1 saturated heterocycles. The first-order valence-electron chi connectivity index (χ1n) is 8.18. The second-order valence-corrected chi connectivity index (χ2v) is 6.18. The van der Waals surface area contributed by atoms with Gasteiger partial charge in [-0.2, -0.15) is 13.2 Å². The number of carbonyl (C=O) groups excluding carboxylic acids is 1. The van der Waals surface area contributed by atoms with Gasteiger partial charge in [0.25, 0.3) is 5.56 Å². The lowest BCUT2D eigenvalue weighted by molar-refractivity contribution is -0.143. The highest BCUT2D eigenvalue weighted by Gasteiger charge is 2.38. The van der Waals surface area contributed by atoms with Gasteiger partial charge in [0.2, 0.25) is 11.6 Å². The molecule has 1 aromatic carbocycles. The number of para-hydroxylation sites is 2. The fourth-order valence-corrected chi connectivity index (χ4v) is 3.21. The van der Waals surface area contributed by atoms with Crippen molar-refractivity contribution in [3.8, 4) is 0 Å². The molecule has 5 nitrogen and oxygen atoms in total. The van der Waals surface area contributed by atoms with Gasteiger partial charge >= 0.3 is 6.18 Å². The number of alkyl halides is 3. The summed E-state index contributed by atoms with van der Waals surface area (Å²) < 4.78 is 40.5. The summed E-state index contributed by atoms with van der Waals surface area (Å²) in [6, 6.07) is 5.02. The van der Waals surface area contributed by atoms with Crippen molar-refractivity contribution in [2.24, 2.45) is 0 Å². The van der Waals surface area contributed by atoms with Crippen molar-refractivity contribution < 1.29 is 18.0 Å². The van der Waals surface area contributed by atoms with Crippen molar-refractivity contribution in [1.82, 2.24) is 14.5 Å². The Morgan fingerprint density at radius 2 is 1.80 bits per heavy atom. The number of rotatable bonds is 2. The van der Waals surface area contributed by atoms with Crippen LogP contribution in [0.5, 0.6) is 0 Å². The summed E-state index contributed by atoms with van der Waals surface area (Å²) >= 11 is 0. The van der Waals surface area contributed by atoms with Crippen LogP contribution in [0.1, 0.15) is 37.9 Å². The molecule has 0 bridgehead atoms. The van der Waals surface area contributed by atoms with Gasteiger partial charge in [0.15, 0.2) is 0 Å². The predicted octanol–water partition coefficient (Wildman–Crippen LogP) is 2.99. The van der Waals surface area contributed by atoms with Gasteiger partial charge in [-0.05, 0) is 38.3 Å². The lowest BCUT2D eigenvalue weighted by Crippen LogP contribution is -2.43. The number of fused-ring (bicyclic) bond motifs is 1. The number of likely N-dealkylation sites (tertiary alicyclic amines) is 1. The van der Waals surface area contributed by atoms with Crippen molar-refractivity contribution in [1.29, 1.82) is 0 Å². The monoisotopic (exact) mass is 353 g/mol. The molecule has 1 unspecified atom stereocenters. The summed E-state index contributed by atoms with van der Waals surface area (Å²) in [5.41, 5.74) is -2.53. The molecule has 1 fully saturated rings. The summed E-state index contributed by atoms with van der Waals surface area (Å²) in [4.78, 5) is 30.3. The van der Waals surface area contributed by atoms with Crippen LogP contribution in [0.15, 0.2) is 29.1 Å². The van der Waals surface area contributed by atoms with E-state index in [4.69, 9.17) is 0 Å². The zero-order valence-electron chi connectivity index (χ0n) is 13.7. The van der Waals surface area contributed by atoms with E-state index in [0.29, 0.717) is 13.1 Å². The molecular formula is C17H18F3N3O2. The minimum absolute atomic E-state index is 0.0349. The standard InChI is InChI=1S/C17H18F3N3O2/c1-11(15(24)22-9-5-2-6-10-22)23-13-8-4-3-7-12(13)21-14(16(23)25)17(18,19)20/h3-4,7-8,11H,2,5-6,9-10H2,1H3. The third-order valence-corrected chi connectivity index (χ3v) is 4.48. The maximum Gasteiger partial charge on any atom is 0.438 e. The third-order valence-electron chi connectivity index (χ3n) is 4.48. The zero-order chi connectivity index (χ0) is 18.2. The van der Waals surface area contributed by atoms with E-state index in [1.54, 1.807) is 17.0 Å². The van der Waals surface area contributed by atoms with E-state index >= 15 is 0 Å². The highest BCUT2D eigenvalue weighted by Crippen LogP contribution is 2.27. The number of nitrogens with zero attached hydrogens (tertiary/aromatic N) is 3. The average molecular weight is 353 g/mol. The van der Waals surface area contributed by atoms with Crippen LogP contribution in [0.4, 0.5) is 13.2 Å². The van der Waals surface area contributed by atoms with Crippen LogP contribution in [-0.4, -0.2) is 33.4 Å². The first kappa shape index (κ1) is 17.4. The van der Waals surface area contributed by atoms with E-state index in [0.717, 1.165) is 23.8 Å². The van der Waals surface area contributed by atoms with E-state index in [9.17, 15) is 22.8 Å². The van der Waals surface area contributed by atoms with Gasteiger partial charge in [-0.25, -0.2) is 4.98 Å². The number of hydrogen-bond acceptors (Lipinski definition) is 3. The Bertz CT molecular complexity index is 854. The quantitative estimate of drug-likeness (QED) is 0.834. The molecule has 1 atom stereocenters. The summed E-state index contributed by atoms with van der Waals surface area (Å²) in [5, 5.41) is 0. The molecule has 2 heterocycles. The first-order chi connectivity index (χ1) is 11.8. The number of hydrogen-bond donors (Lipinski definition) is 0. The SMILES string of the molecule is CC(C(=O)N1CCCCC1)n1c(=O)c(C(F)(F)F)nc2ccccc21. The third kappa shape index (κ3) is 3.25. The Morgan fingerprint density at radius 1 is 1.16 bits per heavy atom. The molecule has 1 aromatic heterocycles. The van der Waals surface area contributed by atoms with Crippen LogP contribution in [-0.2, 0) is 11.0 Å². The molecule has 1 aliphatic heterocycles. The first-order valence-corrected chi connectivity index (χ1v) is 8.18. The number of halogens is 3. The van der Waals surface area contributed by atoms with Crippen LogP contribution in [0.2, 0.25) is 0 Å². The number of benzene rings is 1. The number of aromatic nitrogens is 2. The minimum atomic E-state index is -4.88. The van der Waals surface area contributed by atoms with Crippen LogP contribution >= 0.6 is 0 Å². The lowest BCUT2D eigenvalue weighted by atomic mass is 10.1. The second-order valence-electron chi connectivity index (χ2n) is 6.18. The maximum atomic E-state index is 13.2. The highest BCUT2D eigenvalue weighted by molar-refractivity contribution is 5.83. The lowest BCUT2D eigenvalue weighted by Gasteiger charge is -2.30. The van der Waals surface area contributed by atoms with Gasteiger partial charge in [0, 0.05) is 13.1 Å². The average Bonchev–Trinajstić information content (AvgIpc) is 2.60. The number of carbonyl (C=O) groups is 1. The number of amides is 1. The smallest absolute Gasteiger partial charge is 0.341 e. The molecule has 2 aromatic rings. The molecular weight excluding hydrogens is 335 g/mol. The number of piperidine rings is 1. The van der Waals surface area contributed by atoms with Crippen molar-refractivity contribution >= 4 is 16.9 Å². The van der Waals surface area contributed by atoms with E-state index in [1.807, 2.05) is 0 Å². The summed E-state index contributed by atoms with van der Waals surface area (Å²) in [5.74, 6) is -0.341. The molecule has 0 aliphatic carbocycles. The van der Waals surface area contributed by atoms with Crippen molar-refractivity contribution in [2.75, 3.05) is 13.1 Å². The van der Waals surface area contributed by atoms with E-state index in [1.165, 1.54) is 19.1 Å². The summed E-state index contributed by atoms with van der Waals surface area (Å²) in [6.07, 6.45) is -2.14. The summed E-state index contributed by atoms with van der Waals surface area (Å²) in [6.45, 7) is 2.59. The Morgan fingerprint density at radius 3 is 2.44 bits per heavy atom. The summed E-state index contributed by atoms with van der Waals surface area (Å²) in [7, 11) is 0. The molecule has 0 radical (unpaired) electrons. The van der Waals surface area contributed by atoms with Gasteiger partial charge in [0.1, 0.15) is 6.04 Å². The second kappa shape index (κ2) is 6.50. The largest absolute Gasteiger partial charge is 0.438 e. The van der Waals surface area contributed by atoms with E-state index < -0.39 is 23.5 Å². The molecule has 8 heteroatoms. The fourth-order valence-electron chi connectivity index (χ4n) is 3.21. The molecule has 0 N–H and O–H groups in total. The molecule has 134 valence electrons. The minimum Gasteiger partial charge on any atom is -0.341 e. The Balaban J connectivity index is 2.15. The molecule has 0 saturated carbocycles. The zero-order valence-corrected chi connectivity index (χ0v) is 13.7.